The Labute approximate surface area is 194 Å². The first-order valence-electron chi connectivity index (χ1n) is 12.7. The Kier molecular flexibility index (Phi) is 8.23. The fourth-order valence-electron chi connectivity index (χ4n) is 6.86. The van der Waals surface area contributed by atoms with Crippen molar-refractivity contribution in [1.82, 2.24) is 0 Å². The Morgan fingerprint density at radius 2 is 1.77 bits per heavy atom. The third-order valence-electron chi connectivity index (χ3n) is 8.14. The summed E-state index contributed by atoms with van der Waals surface area (Å²) >= 11 is 0. The molecule has 0 aliphatic heterocycles. The molecule has 0 saturated heterocycles. The predicted octanol–water partition coefficient (Wildman–Crippen LogP) is 9.78. The van der Waals surface area contributed by atoms with Crippen LogP contribution in [-0.2, 0) is 0 Å². The molecule has 2 saturated carbocycles. The molecule has 0 amide bonds. The summed E-state index contributed by atoms with van der Waals surface area (Å²) in [4.78, 5) is 0. The predicted molar refractivity (Wildman–Crippen MR) is 140 cm³/mol. The Balaban J connectivity index is 0.000000513. The zero-order valence-electron chi connectivity index (χ0n) is 22.0. The van der Waals surface area contributed by atoms with Gasteiger partial charge in [-0.15, -0.1) is 6.58 Å². The molecular weight excluding hydrogens is 372 g/mol. The fraction of sp³-hybridized carbons (Fsp3) is 0.613. The van der Waals surface area contributed by atoms with Crippen LogP contribution < -0.4 is 0 Å². The normalized spacial score (nSPS) is 36.9. The molecule has 0 nitrogen and oxygen atoms in total. The third kappa shape index (κ3) is 4.64. The van der Waals surface area contributed by atoms with E-state index in [0.29, 0.717) is 5.41 Å². The van der Waals surface area contributed by atoms with Gasteiger partial charge < -0.3 is 0 Å². The van der Waals surface area contributed by atoms with E-state index in [9.17, 15) is 0 Å². The quantitative estimate of drug-likeness (QED) is 0.370. The Bertz CT molecular complexity index is 822. The molecule has 0 aromatic heterocycles. The molecule has 4 aliphatic rings. The molecule has 0 heteroatoms. The largest absolute Gasteiger partial charge is 0.100 e. The van der Waals surface area contributed by atoms with Crippen LogP contribution in [0.3, 0.4) is 0 Å². The SMILES string of the molecule is C=C(C)C.C=C1C=CC2(C)C(=C1)CCC1C2=CCC2(C)/C(=C(\C)CC)[C@H](C)CC12.CC. The summed E-state index contributed by atoms with van der Waals surface area (Å²) in [7, 11) is 0. The van der Waals surface area contributed by atoms with Gasteiger partial charge in [0.1, 0.15) is 0 Å². The lowest BCUT2D eigenvalue weighted by atomic mass is 9.52. The van der Waals surface area contributed by atoms with E-state index in [4.69, 9.17) is 0 Å². The van der Waals surface area contributed by atoms with Gasteiger partial charge in [-0.25, -0.2) is 0 Å². The molecule has 0 spiro atoms. The van der Waals surface area contributed by atoms with E-state index in [1.807, 2.05) is 27.7 Å². The summed E-state index contributed by atoms with van der Waals surface area (Å²) in [6.07, 6.45) is 16.1. The van der Waals surface area contributed by atoms with Gasteiger partial charge in [0.05, 0.1) is 0 Å². The molecule has 2 fully saturated rings. The minimum Gasteiger partial charge on any atom is -0.100 e. The van der Waals surface area contributed by atoms with Crippen molar-refractivity contribution in [3.05, 3.63) is 70.9 Å². The molecule has 0 N–H and O–H groups in total. The molecular formula is C31H48. The van der Waals surface area contributed by atoms with Crippen LogP contribution >= 0.6 is 0 Å². The highest BCUT2D eigenvalue weighted by molar-refractivity contribution is 5.51. The molecule has 0 bridgehead atoms. The molecule has 4 unspecified atom stereocenters. The zero-order valence-corrected chi connectivity index (χ0v) is 22.0. The number of rotatable bonds is 1. The highest BCUT2D eigenvalue weighted by Crippen LogP contribution is 2.65. The third-order valence-corrected chi connectivity index (χ3v) is 8.14. The first kappa shape index (κ1) is 25.7. The van der Waals surface area contributed by atoms with E-state index >= 15 is 0 Å². The van der Waals surface area contributed by atoms with Gasteiger partial charge >= 0.3 is 0 Å². The number of hydrogen-bond acceptors (Lipinski definition) is 0. The van der Waals surface area contributed by atoms with E-state index in [1.165, 1.54) is 43.3 Å². The Morgan fingerprint density at radius 3 is 2.35 bits per heavy atom. The van der Waals surface area contributed by atoms with E-state index in [1.54, 1.807) is 22.3 Å². The van der Waals surface area contributed by atoms with Gasteiger partial charge in [0, 0.05) is 5.41 Å². The fourth-order valence-corrected chi connectivity index (χ4v) is 6.86. The van der Waals surface area contributed by atoms with Crippen LogP contribution in [0.15, 0.2) is 70.9 Å². The highest BCUT2D eigenvalue weighted by atomic mass is 14.6. The molecule has 172 valence electrons. The molecule has 4 aliphatic carbocycles. The average Bonchev–Trinajstić information content (AvgIpc) is 2.99. The average molecular weight is 421 g/mol. The van der Waals surface area contributed by atoms with Crippen molar-refractivity contribution in [2.24, 2.45) is 28.6 Å². The lowest BCUT2D eigenvalue weighted by Crippen LogP contribution is -2.42. The van der Waals surface area contributed by atoms with Gasteiger partial charge in [-0.3, -0.25) is 0 Å². The van der Waals surface area contributed by atoms with Crippen LogP contribution in [0.2, 0.25) is 0 Å². The first-order chi connectivity index (χ1) is 14.5. The van der Waals surface area contributed by atoms with E-state index < -0.39 is 0 Å². The zero-order chi connectivity index (χ0) is 23.6. The maximum Gasteiger partial charge on any atom is 0.0281 e. The van der Waals surface area contributed by atoms with Crippen molar-refractivity contribution in [1.29, 1.82) is 0 Å². The minimum absolute atomic E-state index is 0.154. The van der Waals surface area contributed by atoms with Crippen molar-refractivity contribution in [3.63, 3.8) is 0 Å². The molecule has 0 radical (unpaired) electrons. The second-order valence-electron chi connectivity index (χ2n) is 10.7. The lowest BCUT2D eigenvalue weighted by molar-refractivity contribution is 0.156. The summed E-state index contributed by atoms with van der Waals surface area (Å²) in [5, 5.41) is 0. The molecule has 0 aromatic rings. The van der Waals surface area contributed by atoms with Crippen molar-refractivity contribution in [2.45, 2.75) is 94.4 Å². The summed E-state index contributed by atoms with van der Waals surface area (Å²) < 4.78 is 0. The van der Waals surface area contributed by atoms with Crippen LogP contribution in [-0.4, -0.2) is 0 Å². The Morgan fingerprint density at radius 1 is 1.16 bits per heavy atom. The molecule has 0 aromatic carbocycles. The first-order valence-corrected chi connectivity index (χ1v) is 12.7. The monoisotopic (exact) mass is 420 g/mol. The smallest absolute Gasteiger partial charge is 0.0281 e. The lowest BCUT2D eigenvalue weighted by Gasteiger charge is -2.52. The van der Waals surface area contributed by atoms with Gasteiger partial charge in [-0.2, -0.15) is 0 Å². The number of hydrogen-bond donors (Lipinski definition) is 0. The van der Waals surface area contributed by atoms with Crippen molar-refractivity contribution < 1.29 is 0 Å². The van der Waals surface area contributed by atoms with Crippen LogP contribution in [0.4, 0.5) is 0 Å². The summed E-state index contributed by atoms with van der Waals surface area (Å²) in [5.41, 5.74) is 9.66. The van der Waals surface area contributed by atoms with Crippen molar-refractivity contribution in [3.8, 4) is 0 Å². The van der Waals surface area contributed by atoms with Gasteiger partial charge in [0.15, 0.2) is 0 Å². The maximum absolute atomic E-state index is 4.16. The van der Waals surface area contributed by atoms with Gasteiger partial charge in [-0.1, -0.05) is 93.4 Å². The standard InChI is InChI=1S/C25H34.C4H8.C2H6/c1-7-17(3)23-18(4)15-22-20-9-8-19-14-16(2)10-12-24(19,5)21(20)11-13-25(22,23)6;1-4(2)3;1-2/h10-12,14,18,20,22H,2,7-9,13,15H2,1,3-6H3;1H2,2-3H3;1-2H3/b23-17+;;/t18-,20?,22?,24?,25?;;/m1../s1. The molecule has 0 heterocycles. The number of fused-ring (bicyclic) bond motifs is 5. The van der Waals surface area contributed by atoms with E-state index in [2.05, 4.69) is 72.1 Å². The maximum atomic E-state index is 4.16. The molecule has 4 rings (SSSR count). The second-order valence-corrected chi connectivity index (χ2v) is 10.7. The van der Waals surface area contributed by atoms with Gasteiger partial charge in [0.2, 0.25) is 0 Å². The topological polar surface area (TPSA) is 0 Å². The molecule has 5 atom stereocenters. The van der Waals surface area contributed by atoms with E-state index in [-0.39, 0.29) is 5.41 Å². The van der Waals surface area contributed by atoms with Crippen LogP contribution in [0.5, 0.6) is 0 Å². The van der Waals surface area contributed by atoms with Crippen LogP contribution in [0.1, 0.15) is 94.4 Å². The van der Waals surface area contributed by atoms with Gasteiger partial charge in [0.25, 0.3) is 0 Å². The second kappa shape index (κ2) is 9.93. The summed E-state index contributed by atoms with van der Waals surface area (Å²) in [6, 6.07) is 0. The number of allylic oxidation sites excluding steroid dienone is 10. The highest BCUT2D eigenvalue weighted by Gasteiger charge is 2.55. The summed E-state index contributed by atoms with van der Waals surface area (Å²) in [5.74, 6) is 2.35. The molecule has 31 heavy (non-hydrogen) atoms. The van der Waals surface area contributed by atoms with Crippen molar-refractivity contribution >= 4 is 0 Å². The van der Waals surface area contributed by atoms with Crippen LogP contribution in [0, 0.1) is 28.6 Å². The van der Waals surface area contributed by atoms with Gasteiger partial charge in [-0.05, 0) is 88.5 Å². The van der Waals surface area contributed by atoms with Crippen molar-refractivity contribution in [2.75, 3.05) is 0 Å². The Hall–Kier alpha value is -1.56. The van der Waals surface area contributed by atoms with Crippen LogP contribution in [0.25, 0.3) is 0 Å². The minimum atomic E-state index is 0.154. The summed E-state index contributed by atoms with van der Waals surface area (Å²) in [6.45, 7) is 27.9. The van der Waals surface area contributed by atoms with E-state index in [0.717, 1.165) is 17.8 Å².